The van der Waals surface area contributed by atoms with Crippen LogP contribution in [0.3, 0.4) is 0 Å². The van der Waals surface area contributed by atoms with Crippen LogP contribution in [0.2, 0.25) is 0 Å². The molecule has 0 amide bonds. The Morgan fingerprint density at radius 1 is 0.688 bits per heavy atom. The molecule has 2 atom stereocenters. The predicted molar refractivity (Wildman–Crippen MR) is 121 cm³/mol. The van der Waals surface area contributed by atoms with Crippen molar-refractivity contribution in [1.29, 1.82) is 0 Å². The van der Waals surface area contributed by atoms with Crippen LogP contribution in [0.5, 0.6) is 0 Å². The third-order valence-electron chi connectivity index (χ3n) is 6.91. The summed E-state index contributed by atoms with van der Waals surface area (Å²) in [5.74, 6) is -0.921. The Morgan fingerprint density at radius 3 is 1.50 bits per heavy atom. The molecule has 2 unspecified atom stereocenters. The fourth-order valence-corrected chi connectivity index (χ4v) is 4.81. The van der Waals surface area contributed by atoms with E-state index in [1.54, 1.807) is 0 Å². The van der Waals surface area contributed by atoms with Crippen LogP contribution in [0, 0.1) is 17.3 Å². The molecule has 4 nitrogen and oxygen atoms in total. The maximum Gasteiger partial charge on any atom is 1.00 e. The van der Waals surface area contributed by atoms with Crippen molar-refractivity contribution >= 4 is 11.9 Å². The standard InChI is InChI=1S/C26H50O4.2Na/c1-5-9-16-22(7-3)20-26(25(29)30,21-23(8-4)17-10-6-2)19-15-13-11-12-14-18-24(27)28;;/h22-23H,5-21H2,1-4H3,(H,27,28)(H,29,30);;/q;2*+1/p-2. The van der Waals surface area contributed by atoms with Gasteiger partial charge in [0.25, 0.3) is 0 Å². The molecule has 0 rings (SSSR count). The molecular weight excluding hydrogens is 422 g/mol. The first-order chi connectivity index (χ1) is 14.3. The van der Waals surface area contributed by atoms with Crippen molar-refractivity contribution in [2.75, 3.05) is 0 Å². The Bertz CT molecular complexity index is 439. The van der Waals surface area contributed by atoms with E-state index in [2.05, 4.69) is 27.7 Å². The zero-order valence-corrected chi connectivity index (χ0v) is 26.3. The molecule has 178 valence electrons. The molecule has 6 heteroatoms. The van der Waals surface area contributed by atoms with E-state index in [-0.39, 0.29) is 65.5 Å². The van der Waals surface area contributed by atoms with Gasteiger partial charge in [-0.1, -0.05) is 105 Å². The Kier molecular flexibility index (Phi) is 27.7. The van der Waals surface area contributed by atoms with Gasteiger partial charge >= 0.3 is 59.1 Å². The number of hydrogen-bond acceptors (Lipinski definition) is 4. The smallest absolute Gasteiger partial charge is 0.550 e. The van der Waals surface area contributed by atoms with Crippen LogP contribution in [0.25, 0.3) is 0 Å². The van der Waals surface area contributed by atoms with Crippen molar-refractivity contribution in [3.05, 3.63) is 0 Å². The fraction of sp³-hybridized carbons (Fsp3) is 0.923. The van der Waals surface area contributed by atoms with Gasteiger partial charge in [0.1, 0.15) is 0 Å². The molecule has 0 heterocycles. The summed E-state index contributed by atoms with van der Waals surface area (Å²) in [5, 5.41) is 23.1. The number of carboxylic acid groups (broad SMARTS) is 2. The first kappa shape index (κ1) is 37.5. The summed E-state index contributed by atoms with van der Waals surface area (Å²) in [7, 11) is 0. The van der Waals surface area contributed by atoms with Gasteiger partial charge in [0, 0.05) is 17.4 Å². The molecule has 0 saturated carbocycles. The third kappa shape index (κ3) is 17.4. The average molecular weight is 471 g/mol. The van der Waals surface area contributed by atoms with Crippen LogP contribution in [0.1, 0.15) is 137 Å². The molecule has 0 aromatic rings. The van der Waals surface area contributed by atoms with Crippen molar-refractivity contribution in [2.24, 2.45) is 17.3 Å². The molecule has 0 fully saturated rings. The molecule has 0 saturated heterocycles. The van der Waals surface area contributed by atoms with E-state index >= 15 is 0 Å². The van der Waals surface area contributed by atoms with Crippen LogP contribution < -0.4 is 69.3 Å². The van der Waals surface area contributed by atoms with Gasteiger partial charge in [-0.3, -0.25) is 0 Å². The first-order valence-corrected chi connectivity index (χ1v) is 12.8. The van der Waals surface area contributed by atoms with E-state index in [1.165, 1.54) is 0 Å². The molecule has 0 aromatic heterocycles. The van der Waals surface area contributed by atoms with E-state index in [4.69, 9.17) is 0 Å². The van der Waals surface area contributed by atoms with Gasteiger partial charge in [0.05, 0.1) is 0 Å². The SMILES string of the molecule is CCCCC(CC)CC(CCCCCCCC(=O)[O-])(CC(CC)CCCC)C(=O)[O-].[Na+].[Na+]. The molecular formula is C26H48Na2O4. The van der Waals surface area contributed by atoms with Gasteiger partial charge < -0.3 is 19.8 Å². The number of carboxylic acids is 2. The zero-order chi connectivity index (χ0) is 22.8. The molecule has 0 bridgehead atoms. The second-order valence-corrected chi connectivity index (χ2v) is 9.45. The first-order valence-electron chi connectivity index (χ1n) is 12.8. The van der Waals surface area contributed by atoms with Gasteiger partial charge in [0.2, 0.25) is 0 Å². The summed E-state index contributed by atoms with van der Waals surface area (Å²) >= 11 is 0. The maximum atomic E-state index is 12.5. The largest absolute Gasteiger partial charge is 1.00 e. The molecule has 0 aliphatic carbocycles. The Balaban J connectivity index is -0.00000420. The minimum absolute atomic E-state index is 0. The number of aliphatic carboxylic acids is 2. The van der Waals surface area contributed by atoms with Crippen molar-refractivity contribution in [3.63, 3.8) is 0 Å². The van der Waals surface area contributed by atoms with E-state index in [0.717, 1.165) is 89.9 Å². The summed E-state index contributed by atoms with van der Waals surface area (Å²) in [5.41, 5.74) is -0.714. The van der Waals surface area contributed by atoms with E-state index < -0.39 is 17.4 Å². The summed E-state index contributed by atoms with van der Waals surface area (Å²) in [6.45, 7) is 8.76. The molecule has 0 N–H and O–H groups in total. The molecule has 0 aliphatic heterocycles. The maximum absolute atomic E-state index is 12.5. The summed E-state index contributed by atoms with van der Waals surface area (Å²) in [6, 6.07) is 0. The van der Waals surface area contributed by atoms with Gasteiger partial charge in [-0.15, -0.1) is 0 Å². The third-order valence-corrected chi connectivity index (χ3v) is 6.91. The van der Waals surface area contributed by atoms with Gasteiger partial charge in [0.15, 0.2) is 0 Å². The molecule has 0 radical (unpaired) electrons. The van der Waals surface area contributed by atoms with Crippen LogP contribution in [0.4, 0.5) is 0 Å². The molecule has 0 aromatic carbocycles. The summed E-state index contributed by atoms with van der Waals surface area (Å²) in [6.07, 6.45) is 15.5. The predicted octanol–water partition coefficient (Wildman–Crippen LogP) is -0.576. The van der Waals surface area contributed by atoms with Crippen LogP contribution in [-0.4, -0.2) is 11.9 Å². The van der Waals surface area contributed by atoms with Crippen molar-refractivity contribution in [2.45, 2.75) is 137 Å². The summed E-state index contributed by atoms with van der Waals surface area (Å²) < 4.78 is 0. The van der Waals surface area contributed by atoms with E-state index in [0.29, 0.717) is 24.7 Å². The second-order valence-electron chi connectivity index (χ2n) is 9.45. The van der Waals surface area contributed by atoms with Gasteiger partial charge in [-0.05, 0) is 43.9 Å². The van der Waals surface area contributed by atoms with E-state index in [1.807, 2.05) is 0 Å². The minimum Gasteiger partial charge on any atom is -0.550 e. The molecule has 32 heavy (non-hydrogen) atoms. The summed E-state index contributed by atoms with van der Waals surface area (Å²) in [4.78, 5) is 23.1. The Labute approximate surface area is 243 Å². The normalized spacial score (nSPS) is 14.5. The second kappa shape index (κ2) is 23.7. The van der Waals surface area contributed by atoms with Crippen molar-refractivity contribution < 1.29 is 78.9 Å². The number of carbonyl (C=O) groups excluding carboxylic acids is 2. The number of unbranched alkanes of at least 4 members (excludes halogenated alkanes) is 6. The average Bonchev–Trinajstić information content (AvgIpc) is 2.72. The topological polar surface area (TPSA) is 80.3 Å². The van der Waals surface area contributed by atoms with Crippen LogP contribution >= 0.6 is 0 Å². The fourth-order valence-electron chi connectivity index (χ4n) is 4.81. The van der Waals surface area contributed by atoms with Crippen molar-refractivity contribution in [3.8, 4) is 0 Å². The molecule has 0 aliphatic rings. The van der Waals surface area contributed by atoms with E-state index in [9.17, 15) is 19.8 Å². The van der Waals surface area contributed by atoms with Crippen molar-refractivity contribution in [1.82, 2.24) is 0 Å². The Morgan fingerprint density at radius 2 is 1.12 bits per heavy atom. The van der Waals surface area contributed by atoms with Crippen LogP contribution in [-0.2, 0) is 9.59 Å². The zero-order valence-electron chi connectivity index (χ0n) is 22.3. The van der Waals surface area contributed by atoms with Gasteiger partial charge in [-0.25, -0.2) is 0 Å². The number of carbonyl (C=O) groups is 2. The van der Waals surface area contributed by atoms with Crippen LogP contribution in [0.15, 0.2) is 0 Å². The molecule has 0 spiro atoms. The number of hydrogen-bond donors (Lipinski definition) is 0. The quantitative estimate of drug-likeness (QED) is 0.166. The number of rotatable bonds is 21. The Hall–Kier alpha value is 0.940. The monoisotopic (exact) mass is 470 g/mol. The van der Waals surface area contributed by atoms with Gasteiger partial charge in [-0.2, -0.15) is 0 Å². The minimum atomic E-state index is -0.985.